The molecule has 6 heteroatoms. The van der Waals surface area contributed by atoms with Crippen molar-refractivity contribution in [1.29, 1.82) is 0 Å². The van der Waals surface area contributed by atoms with Gasteiger partial charge in [0.1, 0.15) is 17.1 Å². The molecule has 0 bridgehead atoms. The maximum Gasteiger partial charge on any atom is 0.336 e. The van der Waals surface area contributed by atoms with E-state index in [1.807, 2.05) is 0 Å². The number of rotatable bonds is 5. The van der Waals surface area contributed by atoms with Crippen LogP contribution in [0.2, 0.25) is 0 Å². The molecule has 20 heavy (non-hydrogen) atoms. The molecule has 0 amide bonds. The van der Waals surface area contributed by atoms with E-state index in [9.17, 15) is 9.59 Å². The van der Waals surface area contributed by atoms with Gasteiger partial charge in [0.15, 0.2) is 0 Å². The first-order valence-corrected chi connectivity index (χ1v) is 5.95. The minimum atomic E-state index is -0.932. The molecule has 106 valence electrons. The third-order valence-corrected chi connectivity index (χ3v) is 2.93. The van der Waals surface area contributed by atoms with Gasteiger partial charge in [0, 0.05) is 24.6 Å². The first kappa shape index (κ1) is 13.9. The van der Waals surface area contributed by atoms with Crippen molar-refractivity contribution in [2.45, 2.75) is 12.8 Å². The summed E-state index contributed by atoms with van der Waals surface area (Å²) in [5.41, 5.74) is 0.362. The highest BCUT2D eigenvalue weighted by atomic mass is 16.5. The van der Waals surface area contributed by atoms with E-state index in [4.69, 9.17) is 19.0 Å². The Labute approximate surface area is 114 Å². The van der Waals surface area contributed by atoms with Crippen molar-refractivity contribution in [2.75, 3.05) is 14.2 Å². The van der Waals surface area contributed by atoms with Crippen LogP contribution in [0, 0.1) is 0 Å². The summed E-state index contributed by atoms with van der Waals surface area (Å²) < 4.78 is 15.5. The van der Waals surface area contributed by atoms with Gasteiger partial charge in [0.25, 0.3) is 0 Å². The summed E-state index contributed by atoms with van der Waals surface area (Å²) in [7, 11) is 2.98. The number of benzene rings is 1. The molecule has 0 spiro atoms. The summed E-state index contributed by atoms with van der Waals surface area (Å²) in [5, 5.41) is 9.36. The average molecular weight is 278 g/mol. The largest absolute Gasteiger partial charge is 0.496 e. The van der Waals surface area contributed by atoms with Crippen molar-refractivity contribution in [3.8, 4) is 11.5 Å². The van der Waals surface area contributed by atoms with Crippen LogP contribution in [0.25, 0.3) is 11.0 Å². The lowest BCUT2D eigenvalue weighted by molar-refractivity contribution is -0.136. The maximum atomic E-state index is 11.6. The van der Waals surface area contributed by atoms with Gasteiger partial charge in [-0.15, -0.1) is 0 Å². The van der Waals surface area contributed by atoms with Gasteiger partial charge < -0.3 is 19.0 Å². The number of fused-ring (bicyclic) bond motifs is 1. The quantitative estimate of drug-likeness (QED) is 0.840. The zero-order valence-corrected chi connectivity index (χ0v) is 11.1. The molecular formula is C14H14O6. The highest BCUT2D eigenvalue weighted by Gasteiger charge is 2.14. The number of aliphatic carboxylic acids is 1. The lowest BCUT2D eigenvalue weighted by Crippen LogP contribution is -2.05. The van der Waals surface area contributed by atoms with Crippen molar-refractivity contribution < 1.29 is 23.8 Å². The molecule has 6 nitrogen and oxygen atoms in total. The second kappa shape index (κ2) is 5.64. The van der Waals surface area contributed by atoms with Crippen molar-refractivity contribution >= 4 is 16.9 Å². The molecule has 2 rings (SSSR count). The molecule has 0 radical (unpaired) electrons. The van der Waals surface area contributed by atoms with Crippen LogP contribution in [0.4, 0.5) is 0 Å². The summed E-state index contributed by atoms with van der Waals surface area (Å²) in [5.74, 6) is 0.0373. The fraction of sp³-hybridized carbons (Fsp3) is 0.286. The molecule has 0 aliphatic carbocycles. The maximum absolute atomic E-state index is 11.6. The van der Waals surface area contributed by atoms with E-state index in [2.05, 4.69) is 0 Å². The van der Waals surface area contributed by atoms with Gasteiger partial charge in [-0.3, -0.25) is 4.79 Å². The van der Waals surface area contributed by atoms with Gasteiger partial charge in [0.2, 0.25) is 0 Å². The van der Waals surface area contributed by atoms with Gasteiger partial charge in [-0.05, 0) is 12.0 Å². The Bertz CT molecular complexity index is 701. The number of ether oxygens (including phenoxy) is 2. The Morgan fingerprint density at radius 2 is 2.00 bits per heavy atom. The molecule has 0 saturated carbocycles. The topological polar surface area (TPSA) is 86.0 Å². The molecule has 0 unspecified atom stereocenters. The summed E-state index contributed by atoms with van der Waals surface area (Å²) in [6, 6.07) is 4.52. The third-order valence-electron chi connectivity index (χ3n) is 2.93. The number of hydrogen-bond donors (Lipinski definition) is 1. The van der Waals surface area contributed by atoms with Crippen molar-refractivity contribution in [1.82, 2.24) is 0 Å². The Morgan fingerprint density at radius 3 is 2.60 bits per heavy atom. The lowest BCUT2D eigenvalue weighted by Gasteiger charge is -2.11. The number of aryl methyl sites for hydroxylation is 1. The van der Waals surface area contributed by atoms with Gasteiger partial charge in [-0.25, -0.2) is 4.79 Å². The second-order valence-corrected chi connectivity index (χ2v) is 4.19. The summed E-state index contributed by atoms with van der Waals surface area (Å²) in [4.78, 5) is 22.2. The van der Waals surface area contributed by atoms with Crippen molar-refractivity contribution in [3.05, 3.63) is 34.2 Å². The van der Waals surface area contributed by atoms with Crippen LogP contribution in [0.5, 0.6) is 11.5 Å². The fourth-order valence-electron chi connectivity index (χ4n) is 2.03. The van der Waals surface area contributed by atoms with E-state index < -0.39 is 11.6 Å². The van der Waals surface area contributed by atoms with Gasteiger partial charge >= 0.3 is 11.6 Å². The van der Waals surface area contributed by atoms with E-state index in [1.165, 1.54) is 20.3 Å². The Hall–Kier alpha value is -2.50. The molecule has 1 aromatic carbocycles. The van der Waals surface area contributed by atoms with E-state index in [0.29, 0.717) is 28.0 Å². The summed E-state index contributed by atoms with van der Waals surface area (Å²) in [6.45, 7) is 0. The third kappa shape index (κ3) is 2.74. The monoisotopic (exact) mass is 278 g/mol. The number of methoxy groups -OCH3 is 2. The summed E-state index contributed by atoms with van der Waals surface area (Å²) in [6.07, 6.45) is 0.147. The minimum absolute atomic E-state index is 0.0757. The molecule has 1 N–H and O–H groups in total. The molecule has 0 aliphatic heterocycles. The molecule has 0 fully saturated rings. The van der Waals surface area contributed by atoms with Crippen LogP contribution in [0.3, 0.4) is 0 Å². The first-order valence-electron chi connectivity index (χ1n) is 5.95. The highest BCUT2D eigenvalue weighted by molar-refractivity contribution is 5.88. The van der Waals surface area contributed by atoms with E-state index in [0.717, 1.165) is 0 Å². The van der Waals surface area contributed by atoms with Crippen LogP contribution in [0.15, 0.2) is 27.4 Å². The van der Waals surface area contributed by atoms with Crippen LogP contribution in [-0.4, -0.2) is 25.3 Å². The average Bonchev–Trinajstić information content (AvgIpc) is 2.42. The number of carbonyl (C=O) groups is 1. The molecule has 1 aromatic heterocycles. The Kier molecular flexibility index (Phi) is 3.93. The van der Waals surface area contributed by atoms with Crippen molar-refractivity contribution in [2.24, 2.45) is 0 Å². The lowest BCUT2D eigenvalue weighted by atomic mass is 10.0. The highest BCUT2D eigenvalue weighted by Crippen LogP contribution is 2.33. The van der Waals surface area contributed by atoms with Gasteiger partial charge in [0.05, 0.1) is 19.6 Å². The first-order chi connectivity index (χ1) is 9.55. The molecule has 0 atom stereocenters. The van der Waals surface area contributed by atoms with Crippen LogP contribution >= 0.6 is 0 Å². The van der Waals surface area contributed by atoms with Gasteiger partial charge in [-0.1, -0.05) is 0 Å². The molecule has 0 aliphatic rings. The fourth-order valence-corrected chi connectivity index (χ4v) is 2.03. The zero-order valence-electron chi connectivity index (χ0n) is 11.1. The van der Waals surface area contributed by atoms with Crippen molar-refractivity contribution in [3.63, 3.8) is 0 Å². The predicted octanol–water partition coefficient (Wildman–Crippen LogP) is 1.83. The van der Waals surface area contributed by atoms with E-state index in [-0.39, 0.29) is 12.8 Å². The predicted molar refractivity (Wildman–Crippen MR) is 71.5 cm³/mol. The Balaban J connectivity index is 2.67. The molecular weight excluding hydrogens is 264 g/mol. The van der Waals surface area contributed by atoms with Crippen LogP contribution in [-0.2, 0) is 11.2 Å². The molecule has 2 aromatic rings. The Morgan fingerprint density at radius 1 is 1.25 bits per heavy atom. The molecule has 1 heterocycles. The van der Waals surface area contributed by atoms with Gasteiger partial charge in [-0.2, -0.15) is 0 Å². The molecule has 0 saturated heterocycles. The standard InChI is InChI=1S/C14H14O6/c1-18-9-6-10(19-2)14-8(3-4-12(15)16)5-13(17)20-11(14)7-9/h5-7H,3-4H2,1-2H3,(H,15,16). The summed E-state index contributed by atoms with van der Waals surface area (Å²) >= 11 is 0. The SMILES string of the molecule is COc1cc(OC)c2c(CCC(=O)O)cc(=O)oc2c1. The second-order valence-electron chi connectivity index (χ2n) is 4.19. The smallest absolute Gasteiger partial charge is 0.336 e. The van der Waals surface area contributed by atoms with E-state index >= 15 is 0 Å². The number of hydrogen-bond acceptors (Lipinski definition) is 5. The number of carboxylic acid groups (broad SMARTS) is 1. The number of carboxylic acids is 1. The van der Waals surface area contributed by atoms with E-state index in [1.54, 1.807) is 12.1 Å². The minimum Gasteiger partial charge on any atom is -0.496 e. The van der Waals surface area contributed by atoms with Crippen LogP contribution in [0.1, 0.15) is 12.0 Å². The zero-order chi connectivity index (χ0) is 14.7. The van der Waals surface area contributed by atoms with Crippen LogP contribution < -0.4 is 15.1 Å². The normalized spacial score (nSPS) is 10.5.